The van der Waals surface area contributed by atoms with Crippen molar-refractivity contribution in [3.05, 3.63) is 46.2 Å². The van der Waals surface area contributed by atoms with Crippen LogP contribution >= 0.6 is 11.6 Å². The van der Waals surface area contributed by atoms with Crippen LogP contribution in [0.5, 0.6) is 0 Å². The predicted octanol–water partition coefficient (Wildman–Crippen LogP) is 3.27. The fourth-order valence-electron chi connectivity index (χ4n) is 1.70. The highest BCUT2D eigenvalue weighted by molar-refractivity contribution is 6.30. The molecule has 1 heterocycles. The Morgan fingerprint density at radius 2 is 2.00 bits per heavy atom. The fourth-order valence-corrected chi connectivity index (χ4v) is 1.95. The lowest BCUT2D eigenvalue weighted by Gasteiger charge is -2.02. The van der Waals surface area contributed by atoms with Crippen LogP contribution in [0.25, 0.3) is 5.69 Å². The lowest BCUT2D eigenvalue weighted by atomic mass is 10.2. The highest BCUT2D eigenvalue weighted by Gasteiger charge is 2.12. The van der Waals surface area contributed by atoms with Gasteiger partial charge in [-0.3, -0.25) is 0 Å². The highest BCUT2D eigenvalue weighted by Crippen LogP contribution is 2.23. The topological polar surface area (TPSA) is 41.6 Å². The molecule has 1 aromatic carbocycles. The zero-order valence-corrected chi connectivity index (χ0v) is 10.5. The first kappa shape index (κ1) is 11.7. The molecule has 86 valence electrons. The second-order valence-corrected chi connectivity index (χ2v) is 4.14. The third-order valence-electron chi connectivity index (χ3n) is 2.72. The van der Waals surface area contributed by atoms with Crippen LogP contribution in [0.4, 0.5) is 0 Å². The van der Waals surface area contributed by atoms with Gasteiger partial charge in [-0.1, -0.05) is 18.5 Å². The Labute approximate surface area is 105 Å². The van der Waals surface area contributed by atoms with Gasteiger partial charge < -0.3 is 0 Å². The molecular weight excluding hydrogens is 234 g/mol. The number of nitrogens with zero attached hydrogens (tertiary/aromatic N) is 3. The highest BCUT2D eigenvalue weighted by atomic mass is 35.5. The number of benzene rings is 1. The summed E-state index contributed by atoms with van der Waals surface area (Å²) in [6.07, 6.45) is 0.856. The minimum absolute atomic E-state index is 0.629. The van der Waals surface area contributed by atoms with Crippen LogP contribution in [0.1, 0.15) is 23.7 Å². The molecule has 0 amide bonds. The molecule has 0 atom stereocenters. The third kappa shape index (κ3) is 2.04. The summed E-state index contributed by atoms with van der Waals surface area (Å²) < 4.78 is 1.71. The van der Waals surface area contributed by atoms with E-state index in [1.807, 2.05) is 19.1 Å². The first-order valence-corrected chi connectivity index (χ1v) is 5.79. The van der Waals surface area contributed by atoms with Crippen molar-refractivity contribution in [1.82, 2.24) is 9.78 Å². The molecule has 0 spiro atoms. The molecule has 0 aliphatic rings. The molecule has 4 heteroatoms. The standard InChI is InChI=1S/C13H12ClN3/c1-3-12-9(2)13(14)17(16-12)11-6-4-10(8-15)5-7-11/h4-7H,3H2,1-2H3. The summed E-state index contributed by atoms with van der Waals surface area (Å²) in [5.41, 5.74) is 3.51. The summed E-state index contributed by atoms with van der Waals surface area (Å²) in [6.45, 7) is 4.02. The normalized spacial score (nSPS) is 10.2. The first-order valence-electron chi connectivity index (χ1n) is 5.42. The molecule has 0 unspecified atom stereocenters. The van der Waals surface area contributed by atoms with Crippen LogP contribution in [-0.4, -0.2) is 9.78 Å². The summed E-state index contributed by atoms with van der Waals surface area (Å²) in [6, 6.07) is 9.29. The molecule has 0 fully saturated rings. The molecule has 1 aromatic heterocycles. The van der Waals surface area contributed by atoms with E-state index in [4.69, 9.17) is 16.9 Å². The Hall–Kier alpha value is -1.79. The Bertz CT molecular complexity index is 576. The maximum atomic E-state index is 8.74. The van der Waals surface area contributed by atoms with Crippen molar-refractivity contribution in [2.45, 2.75) is 20.3 Å². The van der Waals surface area contributed by atoms with Crippen LogP contribution in [0.15, 0.2) is 24.3 Å². The minimum atomic E-state index is 0.629. The zero-order valence-electron chi connectivity index (χ0n) is 9.74. The fraction of sp³-hybridized carbons (Fsp3) is 0.231. The Kier molecular flexibility index (Phi) is 3.16. The van der Waals surface area contributed by atoms with E-state index in [9.17, 15) is 0 Å². The summed E-state index contributed by atoms with van der Waals surface area (Å²) in [5.74, 6) is 0. The van der Waals surface area contributed by atoms with Crippen molar-refractivity contribution in [1.29, 1.82) is 5.26 Å². The van der Waals surface area contributed by atoms with Gasteiger partial charge in [0.15, 0.2) is 0 Å². The van der Waals surface area contributed by atoms with Gasteiger partial charge in [0.25, 0.3) is 0 Å². The number of aryl methyl sites for hydroxylation is 1. The van der Waals surface area contributed by atoms with Gasteiger partial charge in [-0.05, 0) is 37.6 Å². The van der Waals surface area contributed by atoms with Gasteiger partial charge >= 0.3 is 0 Å². The van der Waals surface area contributed by atoms with E-state index in [2.05, 4.69) is 18.1 Å². The molecule has 0 bridgehead atoms. The molecule has 0 aliphatic carbocycles. The van der Waals surface area contributed by atoms with Crippen molar-refractivity contribution in [2.24, 2.45) is 0 Å². The maximum Gasteiger partial charge on any atom is 0.136 e. The number of halogens is 1. The van der Waals surface area contributed by atoms with E-state index >= 15 is 0 Å². The summed E-state index contributed by atoms with van der Waals surface area (Å²) in [7, 11) is 0. The smallest absolute Gasteiger partial charge is 0.136 e. The zero-order chi connectivity index (χ0) is 12.4. The van der Waals surface area contributed by atoms with Gasteiger partial charge in [0.05, 0.1) is 23.0 Å². The number of aromatic nitrogens is 2. The molecule has 2 rings (SSSR count). The molecule has 0 saturated carbocycles. The van der Waals surface area contributed by atoms with Gasteiger partial charge in [0.2, 0.25) is 0 Å². The van der Waals surface area contributed by atoms with Crippen molar-refractivity contribution < 1.29 is 0 Å². The quantitative estimate of drug-likeness (QED) is 0.815. The van der Waals surface area contributed by atoms with Gasteiger partial charge in [-0.2, -0.15) is 10.4 Å². The summed E-state index contributed by atoms with van der Waals surface area (Å²) >= 11 is 6.24. The number of hydrogen-bond donors (Lipinski definition) is 0. The molecule has 0 aliphatic heterocycles. The lowest BCUT2D eigenvalue weighted by Crippen LogP contribution is -1.97. The van der Waals surface area contributed by atoms with E-state index in [0.717, 1.165) is 23.4 Å². The van der Waals surface area contributed by atoms with E-state index in [0.29, 0.717) is 10.7 Å². The maximum absolute atomic E-state index is 8.74. The van der Waals surface area contributed by atoms with E-state index in [1.54, 1.807) is 16.8 Å². The summed E-state index contributed by atoms with van der Waals surface area (Å²) in [4.78, 5) is 0. The Morgan fingerprint density at radius 3 is 2.47 bits per heavy atom. The molecule has 0 radical (unpaired) electrons. The van der Waals surface area contributed by atoms with Gasteiger partial charge in [-0.25, -0.2) is 4.68 Å². The van der Waals surface area contributed by atoms with Crippen LogP contribution in [0.3, 0.4) is 0 Å². The van der Waals surface area contributed by atoms with E-state index in [-0.39, 0.29) is 0 Å². The molecule has 0 N–H and O–H groups in total. The Morgan fingerprint density at radius 1 is 1.35 bits per heavy atom. The largest absolute Gasteiger partial charge is 0.222 e. The number of hydrogen-bond acceptors (Lipinski definition) is 2. The van der Waals surface area contributed by atoms with Gasteiger partial charge in [0.1, 0.15) is 5.15 Å². The van der Waals surface area contributed by atoms with Gasteiger partial charge in [0, 0.05) is 5.56 Å². The SMILES string of the molecule is CCc1nn(-c2ccc(C#N)cc2)c(Cl)c1C. The van der Waals surface area contributed by atoms with E-state index < -0.39 is 0 Å². The van der Waals surface area contributed by atoms with Crippen LogP contribution in [0, 0.1) is 18.3 Å². The molecule has 0 saturated heterocycles. The molecule has 2 aromatic rings. The lowest BCUT2D eigenvalue weighted by molar-refractivity contribution is 0.841. The third-order valence-corrected chi connectivity index (χ3v) is 3.17. The van der Waals surface area contributed by atoms with Crippen molar-refractivity contribution in [3.63, 3.8) is 0 Å². The Balaban J connectivity index is 2.49. The second kappa shape index (κ2) is 4.60. The van der Waals surface area contributed by atoms with Gasteiger partial charge in [-0.15, -0.1) is 0 Å². The second-order valence-electron chi connectivity index (χ2n) is 3.79. The van der Waals surface area contributed by atoms with Crippen LogP contribution in [-0.2, 0) is 6.42 Å². The molecule has 3 nitrogen and oxygen atoms in total. The number of rotatable bonds is 2. The van der Waals surface area contributed by atoms with Crippen molar-refractivity contribution in [3.8, 4) is 11.8 Å². The van der Waals surface area contributed by atoms with E-state index in [1.165, 1.54) is 0 Å². The molecule has 17 heavy (non-hydrogen) atoms. The summed E-state index contributed by atoms with van der Waals surface area (Å²) in [5, 5.41) is 13.8. The van der Waals surface area contributed by atoms with Crippen LogP contribution < -0.4 is 0 Å². The van der Waals surface area contributed by atoms with Crippen molar-refractivity contribution in [2.75, 3.05) is 0 Å². The predicted molar refractivity (Wildman–Crippen MR) is 67.4 cm³/mol. The first-order chi connectivity index (χ1) is 8.17. The number of nitriles is 1. The van der Waals surface area contributed by atoms with Crippen molar-refractivity contribution >= 4 is 11.6 Å². The minimum Gasteiger partial charge on any atom is -0.222 e. The van der Waals surface area contributed by atoms with Crippen LogP contribution in [0.2, 0.25) is 5.15 Å². The average molecular weight is 246 g/mol. The molecular formula is C13H12ClN3. The average Bonchev–Trinajstić information content (AvgIpc) is 2.66. The monoisotopic (exact) mass is 245 g/mol.